The zero-order chi connectivity index (χ0) is 16.4. The van der Waals surface area contributed by atoms with E-state index in [0.29, 0.717) is 16.6 Å². The minimum absolute atomic E-state index is 0.119. The van der Waals surface area contributed by atoms with E-state index in [1.165, 1.54) is 18.3 Å². The third-order valence-electron chi connectivity index (χ3n) is 3.40. The third kappa shape index (κ3) is 3.00. The Balaban J connectivity index is 1.84. The summed E-state index contributed by atoms with van der Waals surface area (Å²) in [6.45, 7) is 0. The quantitative estimate of drug-likeness (QED) is 0.171. The predicted molar refractivity (Wildman–Crippen MR) is 97.0 cm³/mol. The summed E-state index contributed by atoms with van der Waals surface area (Å²) in [6, 6.07) is 11.9. The molecule has 0 spiro atoms. The summed E-state index contributed by atoms with van der Waals surface area (Å²) < 4.78 is 2.84. The molecule has 0 aliphatic carbocycles. The lowest BCUT2D eigenvalue weighted by molar-refractivity contribution is -0.112. The first kappa shape index (κ1) is 15.3. The predicted octanol–water partition coefficient (Wildman–Crippen LogP) is 3.46. The number of phenolic OH excluding ortho intramolecular Hbond substituents is 1. The van der Waals surface area contributed by atoms with E-state index in [-0.39, 0.29) is 11.4 Å². The fraction of sp³-hybridized carbons (Fsp3) is 0. The molecule has 4 N–H and O–H groups in total. The van der Waals surface area contributed by atoms with Gasteiger partial charge in [0.1, 0.15) is 5.75 Å². The van der Waals surface area contributed by atoms with E-state index in [9.17, 15) is 14.7 Å². The number of nitrogens with one attached hydrogen (secondary N) is 3. The van der Waals surface area contributed by atoms with Crippen LogP contribution in [0.5, 0.6) is 5.75 Å². The standard InChI is InChI=1S/C16H12IN3O3/c17-20-9-5-6-13(14(21)7-9)19-16(23)15(22)11-8-18-12-4-2-1-3-10(11)12/h1-8,18,20-21H,(H,19,23). The molecule has 1 aromatic heterocycles. The van der Waals surface area contributed by atoms with Crippen molar-refractivity contribution in [2.75, 3.05) is 8.85 Å². The largest absolute Gasteiger partial charge is 0.506 e. The second kappa shape index (κ2) is 6.29. The average Bonchev–Trinajstić information content (AvgIpc) is 2.99. The summed E-state index contributed by atoms with van der Waals surface area (Å²) >= 11 is 1.93. The number of benzene rings is 2. The Kier molecular flexibility index (Phi) is 4.20. The number of rotatable bonds is 4. The topological polar surface area (TPSA) is 94.2 Å². The second-order valence-electron chi connectivity index (χ2n) is 4.86. The molecule has 3 rings (SSSR count). The minimum Gasteiger partial charge on any atom is -0.506 e. The van der Waals surface area contributed by atoms with Crippen LogP contribution in [0.25, 0.3) is 10.9 Å². The van der Waals surface area contributed by atoms with Crippen LogP contribution >= 0.6 is 22.9 Å². The first-order chi connectivity index (χ1) is 11.1. The summed E-state index contributed by atoms with van der Waals surface area (Å²) in [7, 11) is 0. The van der Waals surface area contributed by atoms with Crippen molar-refractivity contribution in [2.24, 2.45) is 0 Å². The van der Waals surface area contributed by atoms with Crippen LogP contribution in [0.3, 0.4) is 0 Å². The number of anilines is 2. The van der Waals surface area contributed by atoms with E-state index in [1.807, 2.05) is 35.0 Å². The van der Waals surface area contributed by atoms with Gasteiger partial charge in [0.15, 0.2) is 0 Å². The lowest BCUT2D eigenvalue weighted by Crippen LogP contribution is -2.22. The molecule has 0 aliphatic rings. The van der Waals surface area contributed by atoms with Gasteiger partial charge in [-0.1, -0.05) is 18.2 Å². The van der Waals surface area contributed by atoms with Crippen molar-refractivity contribution in [1.82, 2.24) is 4.98 Å². The molecule has 0 bridgehead atoms. The summed E-state index contributed by atoms with van der Waals surface area (Å²) in [4.78, 5) is 27.4. The number of Topliss-reactive ketones (excluding diaryl/α,β-unsaturated/α-hetero) is 1. The molecule has 0 fully saturated rings. The Morgan fingerprint density at radius 1 is 1.13 bits per heavy atom. The van der Waals surface area contributed by atoms with Crippen LogP contribution in [0.2, 0.25) is 0 Å². The molecule has 0 aliphatic heterocycles. The van der Waals surface area contributed by atoms with Gasteiger partial charge in [-0.2, -0.15) is 0 Å². The number of hydrogen-bond donors (Lipinski definition) is 4. The molecule has 0 saturated heterocycles. The number of fused-ring (bicyclic) bond motifs is 1. The van der Waals surface area contributed by atoms with Crippen LogP contribution in [-0.4, -0.2) is 21.8 Å². The lowest BCUT2D eigenvalue weighted by atomic mass is 10.1. The number of halogens is 1. The van der Waals surface area contributed by atoms with Crippen molar-refractivity contribution in [3.05, 3.63) is 54.2 Å². The summed E-state index contributed by atoms with van der Waals surface area (Å²) in [5, 5.41) is 13.0. The van der Waals surface area contributed by atoms with Crippen LogP contribution in [0.4, 0.5) is 11.4 Å². The highest BCUT2D eigenvalue weighted by molar-refractivity contribution is 14.1. The number of aromatic hydroxyl groups is 1. The molecule has 0 radical (unpaired) electrons. The van der Waals surface area contributed by atoms with Gasteiger partial charge in [0.2, 0.25) is 0 Å². The SMILES string of the molecule is O=C(Nc1ccc(NI)cc1O)C(=O)c1c[nH]c2ccccc12. The van der Waals surface area contributed by atoms with E-state index in [4.69, 9.17) is 0 Å². The highest BCUT2D eigenvalue weighted by Crippen LogP contribution is 2.27. The molecule has 116 valence electrons. The number of carbonyl (C=O) groups excluding carboxylic acids is 2. The highest BCUT2D eigenvalue weighted by Gasteiger charge is 2.20. The molecular formula is C16H12IN3O3. The van der Waals surface area contributed by atoms with Gasteiger partial charge in [-0.25, -0.2) is 0 Å². The van der Waals surface area contributed by atoms with Crippen LogP contribution in [-0.2, 0) is 4.79 Å². The van der Waals surface area contributed by atoms with Crippen LogP contribution in [0.15, 0.2) is 48.7 Å². The number of para-hydroxylation sites is 1. The summed E-state index contributed by atoms with van der Waals surface area (Å²) in [5.41, 5.74) is 1.94. The van der Waals surface area contributed by atoms with Gasteiger partial charge < -0.3 is 18.9 Å². The van der Waals surface area contributed by atoms with Crippen LogP contribution in [0, 0.1) is 0 Å². The molecule has 0 atom stereocenters. The molecular weight excluding hydrogens is 409 g/mol. The summed E-state index contributed by atoms with van der Waals surface area (Å²) in [6.07, 6.45) is 1.51. The minimum atomic E-state index is -0.805. The first-order valence-electron chi connectivity index (χ1n) is 6.71. The van der Waals surface area contributed by atoms with Crippen molar-refractivity contribution >= 4 is 56.8 Å². The second-order valence-corrected chi connectivity index (χ2v) is 5.40. The molecule has 0 unspecified atom stereocenters. The maximum absolute atomic E-state index is 12.3. The molecule has 1 heterocycles. The van der Waals surface area contributed by atoms with Gasteiger partial charge in [0, 0.05) is 28.9 Å². The molecule has 6 nitrogen and oxygen atoms in total. The zero-order valence-electron chi connectivity index (χ0n) is 11.8. The molecule has 7 heteroatoms. The van der Waals surface area contributed by atoms with Gasteiger partial charge in [0.25, 0.3) is 11.7 Å². The van der Waals surface area contributed by atoms with Gasteiger partial charge in [-0.3, -0.25) is 9.59 Å². The van der Waals surface area contributed by atoms with Crippen molar-refractivity contribution in [3.63, 3.8) is 0 Å². The smallest absolute Gasteiger partial charge is 0.296 e. The van der Waals surface area contributed by atoms with Gasteiger partial charge in [-0.15, -0.1) is 0 Å². The van der Waals surface area contributed by atoms with Gasteiger partial charge >= 0.3 is 0 Å². The number of hydrogen-bond acceptors (Lipinski definition) is 4. The van der Waals surface area contributed by atoms with Crippen molar-refractivity contribution < 1.29 is 14.7 Å². The molecule has 1 amide bonds. The number of phenols is 1. The van der Waals surface area contributed by atoms with Crippen LogP contribution < -0.4 is 8.85 Å². The van der Waals surface area contributed by atoms with Crippen molar-refractivity contribution in [1.29, 1.82) is 0 Å². The number of amides is 1. The maximum Gasteiger partial charge on any atom is 0.296 e. The Morgan fingerprint density at radius 2 is 1.91 bits per heavy atom. The number of aromatic nitrogens is 1. The number of aromatic amines is 1. The normalized spacial score (nSPS) is 10.5. The Morgan fingerprint density at radius 3 is 2.65 bits per heavy atom. The first-order valence-corrected chi connectivity index (χ1v) is 7.79. The van der Waals surface area contributed by atoms with Gasteiger partial charge in [-0.05, 0) is 18.2 Å². The Labute approximate surface area is 145 Å². The Bertz CT molecular complexity index is 904. The van der Waals surface area contributed by atoms with Crippen molar-refractivity contribution in [3.8, 4) is 5.75 Å². The third-order valence-corrected chi connectivity index (χ3v) is 4.02. The monoisotopic (exact) mass is 421 g/mol. The Hall–Kier alpha value is -2.55. The lowest BCUT2D eigenvalue weighted by Gasteiger charge is -2.08. The number of ketones is 1. The molecule has 0 saturated carbocycles. The summed E-state index contributed by atoms with van der Waals surface area (Å²) in [5.74, 6) is -1.59. The van der Waals surface area contributed by atoms with Gasteiger partial charge in [0.05, 0.1) is 34.1 Å². The average molecular weight is 421 g/mol. The van der Waals surface area contributed by atoms with E-state index in [0.717, 1.165) is 5.52 Å². The maximum atomic E-state index is 12.3. The van der Waals surface area contributed by atoms with E-state index in [2.05, 4.69) is 13.8 Å². The van der Waals surface area contributed by atoms with Crippen LogP contribution in [0.1, 0.15) is 10.4 Å². The van der Waals surface area contributed by atoms with E-state index < -0.39 is 11.7 Å². The molecule has 3 aromatic rings. The number of H-pyrrole nitrogens is 1. The van der Waals surface area contributed by atoms with Crippen molar-refractivity contribution in [2.45, 2.75) is 0 Å². The fourth-order valence-corrected chi connectivity index (χ4v) is 2.59. The van der Waals surface area contributed by atoms with E-state index in [1.54, 1.807) is 18.2 Å². The fourth-order valence-electron chi connectivity index (χ4n) is 2.26. The molecule has 23 heavy (non-hydrogen) atoms. The molecule has 2 aromatic carbocycles. The van der Waals surface area contributed by atoms with E-state index >= 15 is 0 Å². The number of carbonyl (C=O) groups is 2. The highest BCUT2D eigenvalue weighted by atomic mass is 127. The zero-order valence-corrected chi connectivity index (χ0v) is 13.9.